The average Bonchev–Trinajstić information content (AvgIpc) is 3.18. The SMILES string of the molecule is O=S(=O)(NCCn1ncc2c(NCc3ccc(F)cc3)ncnc21)c1ccccc1. The minimum Gasteiger partial charge on any atom is -0.365 e. The monoisotopic (exact) mass is 426 g/mol. The summed E-state index contributed by atoms with van der Waals surface area (Å²) >= 11 is 0. The molecule has 0 amide bonds. The van der Waals surface area contributed by atoms with Gasteiger partial charge >= 0.3 is 0 Å². The average molecular weight is 426 g/mol. The van der Waals surface area contributed by atoms with Crippen molar-refractivity contribution in [1.82, 2.24) is 24.5 Å². The zero-order chi connectivity index (χ0) is 21.0. The number of aromatic nitrogens is 4. The number of benzene rings is 2. The molecule has 0 atom stereocenters. The summed E-state index contributed by atoms with van der Waals surface area (Å²) in [5.74, 6) is 0.313. The Balaban J connectivity index is 1.43. The van der Waals surface area contributed by atoms with Gasteiger partial charge in [-0.05, 0) is 29.8 Å². The van der Waals surface area contributed by atoms with Crippen molar-refractivity contribution >= 4 is 26.9 Å². The van der Waals surface area contributed by atoms with E-state index in [1.807, 2.05) is 0 Å². The highest BCUT2D eigenvalue weighted by Crippen LogP contribution is 2.19. The maximum atomic E-state index is 13.0. The molecule has 30 heavy (non-hydrogen) atoms. The first-order valence-corrected chi connectivity index (χ1v) is 10.7. The highest BCUT2D eigenvalue weighted by molar-refractivity contribution is 7.89. The summed E-state index contributed by atoms with van der Waals surface area (Å²) in [6.07, 6.45) is 3.05. The molecule has 4 rings (SSSR count). The Morgan fingerprint density at radius 2 is 1.77 bits per heavy atom. The number of anilines is 1. The van der Waals surface area contributed by atoms with Crippen molar-refractivity contribution < 1.29 is 12.8 Å². The standard InChI is InChI=1S/C20H19FN6O2S/c21-16-8-6-15(7-9-16)12-22-19-18-13-25-27(20(18)24-14-23-19)11-10-26-30(28,29)17-4-2-1-3-5-17/h1-9,13-14,26H,10-12H2,(H,22,23,24). The van der Waals surface area contributed by atoms with Crippen molar-refractivity contribution in [2.24, 2.45) is 0 Å². The molecule has 0 spiro atoms. The number of nitrogens with zero attached hydrogens (tertiary/aromatic N) is 4. The summed E-state index contributed by atoms with van der Waals surface area (Å²) in [4.78, 5) is 8.73. The molecular formula is C20H19FN6O2S. The minimum absolute atomic E-state index is 0.163. The van der Waals surface area contributed by atoms with E-state index in [9.17, 15) is 12.8 Å². The van der Waals surface area contributed by atoms with Crippen LogP contribution in [0.15, 0.2) is 72.0 Å². The Morgan fingerprint density at radius 1 is 1.00 bits per heavy atom. The lowest BCUT2D eigenvalue weighted by Crippen LogP contribution is -2.27. The van der Waals surface area contributed by atoms with Gasteiger partial charge in [-0.2, -0.15) is 5.10 Å². The van der Waals surface area contributed by atoms with E-state index >= 15 is 0 Å². The fourth-order valence-electron chi connectivity index (χ4n) is 2.95. The van der Waals surface area contributed by atoms with Gasteiger partial charge in [0.1, 0.15) is 18.0 Å². The first kappa shape index (κ1) is 19.9. The van der Waals surface area contributed by atoms with Crippen LogP contribution in [0.1, 0.15) is 5.56 Å². The molecule has 8 nitrogen and oxygen atoms in total. The molecule has 0 bridgehead atoms. The molecule has 2 N–H and O–H groups in total. The Bertz CT molecular complexity index is 1240. The van der Waals surface area contributed by atoms with Gasteiger partial charge in [0.2, 0.25) is 10.0 Å². The number of fused-ring (bicyclic) bond motifs is 1. The molecule has 0 fully saturated rings. The molecule has 0 aliphatic heterocycles. The zero-order valence-corrected chi connectivity index (χ0v) is 16.7. The van der Waals surface area contributed by atoms with Crippen LogP contribution < -0.4 is 10.0 Å². The number of hydrogen-bond donors (Lipinski definition) is 2. The largest absolute Gasteiger partial charge is 0.365 e. The lowest BCUT2D eigenvalue weighted by molar-refractivity contribution is 0.564. The summed E-state index contributed by atoms with van der Waals surface area (Å²) in [6.45, 7) is 0.939. The molecule has 0 aliphatic rings. The highest BCUT2D eigenvalue weighted by Gasteiger charge is 2.14. The highest BCUT2D eigenvalue weighted by atomic mass is 32.2. The molecule has 10 heteroatoms. The molecule has 0 saturated heterocycles. The van der Waals surface area contributed by atoms with E-state index in [1.165, 1.54) is 30.6 Å². The van der Waals surface area contributed by atoms with Crippen LogP contribution in [0.3, 0.4) is 0 Å². The van der Waals surface area contributed by atoms with E-state index in [1.54, 1.807) is 41.2 Å². The van der Waals surface area contributed by atoms with Crippen LogP contribution in [-0.4, -0.2) is 34.7 Å². The summed E-state index contributed by atoms with van der Waals surface area (Å²) in [6, 6.07) is 14.4. The molecule has 2 aromatic carbocycles. The van der Waals surface area contributed by atoms with Crippen molar-refractivity contribution in [2.45, 2.75) is 18.0 Å². The van der Waals surface area contributed by atoms with E-state index in [0.29, 0.717) is 29.9 Å². The van der Waals surface area contributed by atoms with Crippen LogP contribution in [0, 0.1) is 5.82 Å². The second-order valence-electron chi connectivity index (χ2n) is 6.52. The molecule has 0 aliphatic carbocycles. The fraction of sp³-hybridized carbons (Fsp3) is 0.150. The van der Waals surface area contributed by atoms with Gasteiger partial charge < -0.3 is 5.32 Å². The second kappa shape index (κ2) is 8.56. The van der Waals surface area contributed by atoms with Crippen LogP contribution >= 0.6 is 0 Å². The number of hydrogen-bond acceptors (Lipinski definition) is 6. The quantitative estimate of drug-likeness (QED) is 0.449. The predicted molar refractivity (Wildman–Crippen MR) is 111 cm³/mol. The van der Waals surface area contributed by atoms with Gasteiger partial charge in [0.15, 0.2) is 5.65 Å². The van der Waals surface area contributed by atoms with Crippen LogP contribution in [-0.2, 0) is 23.1 Å². The van der Waals surface area contributed by atoms with E-state index in [2.05, 4.69) is 25.1 Å². The zero-order valence-electron chi connectivity index (χ0n) is 15.9. The van der Waals surface area contributed by atoms with E-state index in [0.717, 1.165) is 5.56 Å². The summed E-state index contributed by atoms with van der Waals surface area (Å²) in [5.41, 5.74) is 1.50. The Kier molecular flexibility index (Phi) is 5.68. The minimum atomic E-state index is -3.58. The molecule has 154 valence electrons. The molecule has 2 heterocycles. The van der Waals surface area contributed by atoms with Gasteiger partial charge in [0.05, 0.1) is 23.0 Å². The maximum Gasteiger partial charge on any atom is 0.240 e. The van der Waals surface area contributed by atoms with Crippen LogP contribution in [0.2, 0.25) is 0 Å². The van der Waals surface area contributed by atoms with Gasteiger partial charge in [-0.25, -0.2) is 32.2 Å². The number of rotatable bonds is 8. The van der Waals surface area contributed by atoms with Gasteiger partial charge in [0, 0.05) is 13.1 Å². The third-order valence-corrected chi connectivity index (χ3v) is 5.95. The maximum absolute atomic E-state index is 13.0. The first-order valence-electron chi connectivity index (χ1n) is 9.22. The Morgan fingerprint density at radius 3 is 2.53 bits per heavy atom. The molecule has 0 radical (unpaired) electrons. The molecular weight excluding hydrogens is 407 g/mol. The number of nitrogens with one attached hydrogen (secondary N) is 2. The van der Waals surface area contributed by atoms with Crippen molar-refractivity contribution in [3.05, 3.63) is 78.5 Å². The van der Waals surface area contributed by atoms with Crippen LogP contribution in [0.4, 0.5) is 10.2 Å². The topological polar surface area (TPSA) is 102 Å². The van der Waals surface area contributed by atoms with Gasteiger partial charge in [-0.15, -0.1) is 0 Å². The Hall–Kier alpha value is -3.37. The van der Waals surface area contributed by atoms with Crippen molar-refractivity contribution in [1.29, 1.82) is 0 Å². The third-order valence-electron chi connectivity index (χ3n) is 4.48. The summed E-state index contributed by atoms with van der Waals surface area (Å²) in [5, 5.41) is 8.22. The lowest BCUT2D eigenvalue weighted by Gasteiger charge is -2.08. The van der Waals surface area contributed by atoms with E-state index in [-0.39, 0.29) is 17.3 Å². The van der Waals surface area contributed by atoms with Gasteiger partial charge in [0.25, 0.3) is 0 Å². The smallest absolute Gasteiger partial charge is 0.240 e. The van der Waals surface area contributed by atoms with Crippen LogP contribution in [0.5, 0.6) is 0 Å². The number of sulfonamides is 1. The van der Waals surface area contributed by atoms with Crippen LogP contribution in [0.25, 0.3) is 11.0 Å². The fourth-order valence-corrected chi connectivity index (χ4v) is 4.00. The summed E-state index contributed by atoms with van der Waals surface area (Å²) < 4.78 is 41.9. The first-order chi connectivity index (χ1) is 14.5. The molecule has 2 aromatic heterocycles. The normalized spacial score (nSPS) is 11.6. The molecule has 4 aromatic rings. The van der Waals surface area contributed by atoms with Gasteiger partial charge in [-0.1, -0.05) is 30.3 Å². The number of halogens is 1. The molecule has 0 saturated carbocycles. The third kappa shape index (κ3) is 4.44. The van der Waals surface area contributed by atoms with E-state index in [4.69, 9.17) is 0 Å². The summed E-state index contributed by atoms with van der Waals surface area (Å²) in [7, 11) is -3.58. The molecule has 0 unspecified atom stereocenters. The van der Waals surface area contributed by atoms with E-state index < -0.39 is 10.0 Å². The van der Waals surface area contributed by atoms with Crippen molar-refractivity contribution in [2.75, 3.05) is 11.9 Å². The predicted octanol–water partition coefficient (Wildman–Crippen LogP) is 2.56. The second-order valence-corrected chi connectivity index (χ2v) is 8.29. The van der Waals surface area contributed by atoms with Gasteiger partial charge in [-0.3, -0.25) is 0 Å². The Labute approximate surface area is 172 Å². The lowest BCUT2D eigenvalue weighted by atomic mass is 10.2. The van der Waals surface area contributed by atoms with Crippen molar-refractivity contribution in [3.8, 4) is 0 Å². The van der Waals surface area contributed by atoms with Crippen molar-refractivity contribution in [3.63, 3.8) is 0 Å².